The number of ether oxygens (including phenoxy) is 2. The number of rotatable bonds is 7. The second kappa shape index (κ2) is 12.5. The number of nitrogens with one attached hydrogen (secondary N) is 3. The van der Waals surface area contributed by atoms with Gasteiger partial charge in [0.15, 0.2) is 18.3 Å². The van der Waals surface area contributed by atoms with E-state index < -0.39 is 11.8 Å². The van der Waals surface area contributed by atoms with E-state index in [2.05, 4.69) is 70.9 Å². The molecule has 0 saturated heterocycles. The van der Waals surface area contributed by atoms with Crippen LogP contribution in [-0.4, -0.2) is 30.1 Å². The molecule has 0 saturated carbocycles. The zero-order valence-corrected chi connectivity index (χ0v) is 23.5. The maximum atomic E-state index is 12.1. The molecule has 3 aromatic carbocycles. The Hall–Kier alpha value is -2.21. The molecule has 11 heteroatoms. The quantitative estimate of drug-likeness (QED) is 0.237. The largest absolute Gasteiger partial charge is 0.483 e. The summed E-state index contributed by atoms with van der Waals surface area (Å²) in [5.74, 6) is 0.122. The highest BCUT2D eigenvalue weighted by molar-refractivity contribution is 9.11. The van der Waals surface area contributed by atoms with Crippen molar-refractivity contribution in [3.05, 3.63) is 67.5 Å². The summed E-state index contributed by atoms with van der Waals surface area (Å²) in [5.41, 5.74) is 5.99. The minimum atomic E-state index is -0.476. The number of hydrazine groups is 1. The zero-order chi connectivity index (χ0) is 24.7. The standard InChI is InChI=1S/C23H20Br3N3O4S/c1-2-13-3-7-18(17(25)9-13)32-11-20(30)27-23(34)29-28-21(31)12-33-19-8-4-14-10-15(24)5-6-16(14)22(19)26/h3-10H,2,11-12H2,1H3,(H,28,31)(H2,27,29,30,34). The average molecular weight is 674 g/mol. The molecule has 34 heavy (non-hydrogen) atoms. The van der Waals surface area contributed by atoms with Crippen LogP contribution in [0.15, 0.2) is 61.9 Å². The number of amides is 2. The molecule has 0 aliphatic carbocycles. The van der Waals surface area contributed by atoms with Crippen molar-refractivity contribution >= 4 is 87.7 Å². The summed E-state index contributed by atoms with van der Waals surface area (Å²) >= 11 is 15.4. The minimum absolute atomic E-state index is 0.0696. The van der Waals surface area contributed by atoms with Gasteiger partial charge in [0.1, 0.15) is 11.5 Å². The van der Waals surface area contributed by atoms with Gasteiger partial charge < -0.3 is 9.47 Å². The van der Waals surface area contributed by atoms with E-state index in [0.717, 1.165) is 36.2 Å². The molecule has 0 fully saturated rings. The lowest BCUT2D eigenvalue weighted by Crippen LogP contribution is -2.50. The van der Waals surface area contributed by atoms with Crippen LogP contribution in [0.2, 0.25) is 0 Å². The van der Waals surface area contributed by atoms with Gasteiger partial charge in [0.2, 0.25) is 0 Å². The number of hydrogen-bond donors (Lipinski definition) is 3. The van der Waals surface area contributed by atoms with Gasteiger partial charge in [-0.15, -0.1) is 0 Å². The molecule has 2 amide bonds. The lowest BCUT2D eigenvalue weighted by atomic mass is 10.1. The van der Waals surface area contributed by atoms with Gasteiger partial charge in [0.25, 0.3) is 11.8 Å². The fraction of sp³-hybridized carbons (Fsp3) is 0.174. The number of aryl methyl sites for hydroxylation is 1. The van der Waals surface area contributed by atoms with E-state index in [9.17, 15) is 9.59 Å². The molecular formula is C23H20Br3N3O4S. The van der Waals surface area contributed by atoms with Crippen molar-refractivity contribution in [2.24, 2.45) is 0 Å². The Morgan fingerprint density at radius 2 is 1.59 bits per heavy atom. The fourth-order valence-electron chi connectivity index (χ4n) is 2.88. The molecule has 0 bridgehead atoms. The van der Waals surface area contributed by atoms with Gasteiger partial charge >= 0.3 is 0 Å². The lowest BCUT2D eigenvalue weighted by Gasteiger charge is -2.13. The van der Waals surface area contributed by atoms with Gasteiger partial charge in [-0.25, -0.2) is 0 Å². The predicted molar refractivity (Wildman–Crippen MR) is 146 cm³/mol. The number of thiocarbonyl (C=S) groups is 1. The van der Waals surface area contributed by atoms with Crippen molar-refractivity contribution < 1.29 is 19.1 Å². The molecular weight excluding hydrogens is 654 g/mol. The maximum absolute atomic E-state index is 12.1. The lowest BCUT2D eigenvalue weighted by molar-refractivity contribution is -0.124. The van der Waals surface area contributed by atoms with E-state index in [1.807, 2.05) is 36.4 Å². The third-order valence-corrected chi connectivity index (χ3v) is 6.71. The Morgan fingerprint density at radius 1 is 0.882 bits per heavy atom. The minimum Gasteiger partial charge on any atom is -0.483 e. The van der Waals surface area contributed by atoms with Gasteiger partial charge in [0, 0.05) is 4.47 Å². The smallest absolute Gasteiger partial charge is 0.276 e. The highest BCUT2D eigenvalue weighted by Crippen LogP contribution is 2.34. The average Bonchev–Trinajstić information content (AvgIpc) is 2.81. The van der Waals surface area contributed by atoms with Gasteiger partial charge in [-0.05, 0) is 97.2 Å². The zero-order valence-electron chi connectivity index (χ0n) is 17.9. The molecule has 0 aliphatic heterocycles. The Morgan fingerprint density at radius 3 is 2.32 bits per heavy atom. The number of carbonyl (C=O) groups is 2. The van der Waals surface area contributed by atoms with E-state index in [0.29, 0.717) is 11.5 Å². The summed E-state index contributed by atoms with van der Waals surface area (Å²) in [6, 6.07) is 15.2. The van der Waals surface area contributed by atoms with E-state index in [1.165, 1.54) is 0 Å². The highest BCUT2D eigenvalue weighted by atomic mass is 79.9. The second-order valence-corrected chi connectivity index (χ2v) is 9.96. The molecule has 3 N–H and O–H groups in total. The van der Waals surface area contributed by atoms with Crippen LogP contribution in [0.4, 0.5) is 0 Å². The topological polar surface area (TPSA) is 88.7 Å². The Balaban J connectivity index is 1.41. The summed E-state index contributed by atoms with van der Waals surface area (Å²) in [4.78, 5) is 24.2. The summed E-state index contributed by atoms with van der Waals surface area (Å²) in [7, 11) is 0. The summed E-state index contributed by atoms with van der Waals surface area (Å²) in [5, 5.41) is 4.34. The predicted octanol–water partition coefficient (Wildman–Crippen LogP) is 5.17. The third kappa shape index (κ3) is 7.39. The fourth-order valence-corrected chi connectivity index (χ4v) is 4.57. The first-order valence-electron chi connectivity index (χ1n) is 10.1. The first-order chi connectivity index (χ1) is 16.3. The van der Waals surface area contributed by atoms with Crippen molar-refractivity contribution in [2.75, 3.05) is 13.2 Å². The van der Waals surface area contributed by atoms with E-state index in [4.69, 9.17) is 21.7 Å². The molecule has 178 valence electrons. The molecule has 0 heterocycles. The van der Waals surface area contributed by atoms with Crippen LogP contribution in [0.25, 0.3) is 10.8 Å². The van der Waals surface area contributed by atoms with Crippen molar-refractivity contribution in [3.63, 3.8) is 0 Å². The third-order valence-electron chi connectivity index (χ3n) is 4.57. The highest BCUT2D eigenvalue weighted by Gasteiger charge is 2.11. The van der Waals surface area contributed by atoms with E-state index in [1.54, 1.807) is 12.1 Å². The molecule has 7 nitrogen and oxygen atoms in total. The molecule has 0 unspecified atom stereocenters. The molecule has 3 rings (SSSR count). The van der Waals surface area contributed by atoms with Gasteiger partial charge in [-0.3, -0.25) is 25.8 Å². The van der Waals surface area contributed by atoms with Gasteiger partial charge in [0.05, 0.1) is 8.95 Å². The molecule has 0 spiro atoms. The van der Waals surface area contributed by atoms with Crippen LogP contribution in [0, 0.1) is 0 Å². The molecule has 3 aromatic rings. The monoisotopic (exact) mass is 671 g/mol. The number of hydrogen-bond acceptors (Lipinski definition) is 5. The van der Waals surface area contributed by atoms with E-state index >= 15 is 0 Å². The van der Waals surface area contributed by atoms with Gasteiger partial charge in [-0.2, -0.15) is 0 Å². The van der Waals surface area contributed by atoms with Crippen molar-refractivity contribution in [1.82, 2.24) is 16.2 Å². The van der Waals surface area contributed by atoms with Crippen LogP contribution in [0.5, 0.6) is 11.5 Å². The van der Waals surface area contributed by atoms with Crippen LogP contribution in [0.1, 0.15) is 12.5 Å². The summed E-state index contributed by atoms with van der Waals surface area (Å²) in [6.45, 7) is 1.56. The van der Waals surface area contributed by atoms with Crippen molar-refractivity contribution in [2.45, 2.75) is 13.3 Å². The second-order valence-electron chi connectivity index (χ2n) is 6.99. The summed E-state index contributed by atoms with van der Waals surface area (Å²) < 4.78 is 13.6. The maximum Gasteiger partial charge on any atom is 0.276 e. The molecule has 0 aromatic heterocycles. The van der Waals surface area contributed by atoms with Crippen LogP contribution < -0.4 is 25.6 Å². The van der Waals surface area contributed by atoms with Crippen LogP contribution in [0.3, 0.4) is 0 Å². The number of fused-ring (bicyclic) bond motifs is 1. The number of carbonyl (C=O) groups excluding carboxylic acids is 2. The van der Waals surface area contributed by atoms with E-state index in [-0.39, 0.29) is 18.3 Å². The molecule has 0 radical (unpaired) electrons. The first-order valence-corrected chi connectivity index (χ1v) is 12.9. The SMILES string of the molecule is CCc1ccc(OCC(=O)NC(=S)NNC(=O)COc2ccc3cc(Br)ccc3c2Br)c(Br)c1. The van der Waals surface area contributed by atoms with Crippen LogP contribution >= 0.6 is 60.0 Å². The van der Waals surface area contributed by atoms with Crippen LogP contribution in [-0.2, 0) is 16.0 Å². The number of halogens is 3. The Labute approximate surface area is 227 Å². The molecule has 0 aliphatic rings. The number of benzene rings is 3. The van der Waals surface area contributed by atoms with Crippen molar-refractivity contribution in [1.29, 1.82) is 0 Å². The summed E-state index contributed by atoms with van der Waals surface area (Å²) in [6.07, 6.45) is 0.897. The Bertz CT molecular complexity index is 1240. The first kappa shape index (κ1) is 26.4. The van der Waals surface area contributed by atoms with Gasteiger partial charge in [-0.1, -0.05) is 41.1 Å². The Kier molecular flexibility index (Phi) is 9.69. The van der Waals surface area contributed by atoms with Crippen molar-refractivity contribution in [3.8, 4) is 11.5 Å². The molecule has 0 atom stereocenters. The normalized spacial score (nSPS) is 10.5.